The highest BCUT2D eigenvalue weighted by atomic mass is 19.1. The Hall–Kier alpha value is -2.31. The molecule has 0 saturated heterocycles. The van der Waals surface area contributed by atoms with E-state index < -0.39 is 34.6 Å². The van der Waals surface area contributed by atoms with Crippen LogP contribution in [-0.4, -0.2) is 23.8 Å². The Bertz CT molecular complexity index is 486. The van der Waals surface area contributed by atoms with Crippen LogP contribution < -0.4 is 0 Å². The van der Waals surface area contributed by atoms with Crippen molar-refractivity contribution in [1.29, 1.82) is 0 Å². The average molecular weight is 241 g/mol. The number of hydrogen-bond donors (Lipinski definition) is 0. The second-order valence-electron chi connectivity index (χ2n) is 3.10. The fraction of sp³-hybridized carbons (Fsp3) is 0.200. The Labute approximate surface area is 95.1 Å². The molecule has 0 aliphatic heterocycles. The molecule has 1 rings (SSSR count). The lowest BCUT2D eigenvalue weighted by Crippen LogP contribution is -2.10. The molecular weight excluding hydrogens is 233 g/mol. The van der Waals surface area contributed by atoms with Gasteiger partial charge in [0.15, 0.2) is 5.78 Å². The van der Waals surface area contributed by atoms with Crippen molar-refractivity contribution in [2.24, 2.45) is 0 Å². The number of ether oxygens (including phenoxy) is 1. The maximum absolute atomic E-state index is 13.2. The van der Waals surface area contributed by atoms with E-state index in [-0.39, 0.29) is 5.56 Å². The van der Waals surface area contributed by atoms with Crippen molar-refractivity contribution in [3.8, 4) is 0 Å². The van der Waals surface area contributed by atoms with E-state index in [9.17, 15) is 24.1 Å². The third kappa shape index (κ3) is 3.07. The summed E-state index contributed by atoms with van der Waals surface area (Å²) < 4.78 is 17.4. The van der Waals surface area contributed by atoms with Crippen molar-refractivity contribution in [1.82, 2.24) is 0 Å². The first-order chi connectivity index (χ1) is 7.95. The highest BCUT2D eigenvalue weighted by Crippen LogP contribution is 2.18. The van der Waals surface area contributed by atoms with E-state index in [1.165, 1.54) is 0 Å². The lowest BCUT2D eigenvalue weighted by atomic mass is 10.1. The predicted molar refractivity (Wildman–Crippen MR) is 54.0 cm³/mol. The summed E-state index contributed by atoms with van der Waals surface area (Å²) in [5.74, 6) is -2.54. The molecule has 90 valence electrons. The summed E-state index contributed by atoms with van der Waals surface area (Å²) >= 11 is 0. The Morgan fingerprint density at radius 3 is 2.59 bits per heavy atom. The molecule has 1 aromatic carbocycles. The minimum absolute atomic E-state index is 0.112. The average Bonchev–Trinajstić information content (AvgIpc) is 2.28. The number of hydrogen-bond acceptors (Lipinski definition) is 5. The summed E-state index contributed by atoms with van der Waals surface area (Å²) in [5.41, 5.74) is -0.835. The normalized spacial score (nSPS) is 9.76. The Balaban J connectivity index is 2.94. The van der Waals surface area contributed by atoms with Gasteiger partial charge in [0.25, 0.3) is 0 Å². The predicted octanol–water partition coefficient (Wildman–Crippen LogP) is 1.48. The summed E-state index contributed by atoms with van der Waals surface area (Å²) in [4.78, 5) is 31.7. The summed E-state index contributed by atoms with van der Waals surface area (Å²) in [6.45, 7) is 0. The van der Waals surface area contributed by atoms with Gasteiger partial charge in [0.2, 0.25) is 5.82 Å². The molecule has 17 heavy (non-hydrogen) atoms. The molecule has 0 atom stereocenters. The monoisotopic (exact) mass is 241 g/mol. The number of nitrogens with zero attached hydrogens (tertiary/aromatic N) is 1. The van der Waals surface area contributed by atoms with Crippen LogP contribution in [0, 0.1) is 15.9 Å². The molecule has 0 radical (unpaired) electrons. The number of esters is 1. The van der Waals surface area contributed by atoms with Crippen LogP contribution in [0.4, 0.5) is 10.1 Å². The van der Waals surface area contributed by atoms with Gasteiger partial charge in [-0.25, -0.2) is 0 Å². The van der Waals surface area contributed by atoms with Gasteiger partial charge in [-0.15, -0.1) is 0 Å². The second-order valence-corrected chi connectivity index (χ2v) is 3.10. The van der Waals surface area contributed by atoms with E-state index >= 15 is 0 Å². The molecule has 6 nitrogen and oxygen atoms in total. The molecule has 0 heterocycles. The van der Waals surface area contributed by atoms with Crippen molar-refractivity contribution in [3.05, 3.63) is 39.7 Å². The van der Waals surface area contributed by atoms with E-state index in [0.29, 0.717) is 0 Å². The number of nitro groups is 1. The molecule has 0 aliphatic carbocycles. The minimum atomic E-state index is -1.12. The number of carbonyl (C=O) groups is 2. The van der Waals surface area contributed by atoms with Gasteiger partial charge < -0.3 is 4.74 Å². The Kier molecular flexibility index (Phi) is 3.86. The molecular formula is C10H8FNO5. The SMILES string of the molecule is COC(=O)CC(=O)c1ccc([N+](=O)[O-])c(F)c1. The zero-order valence-electron chi connectivity index (χ0n) is 8.81. The standard InChI is InChI=1S/C10H8FNO5/c1-17-10(14)5-9(13)6-2-3-8(12(15)16)7(11)4-6/h2-4H,5H2,1H3. The van der Waals surface area contributed by atoms with Gasteiger partial charge >= 0.3 is 11.7 Å². The fourth-order valence-corrected chi connectivity index (χ4v) is 1.13. The van der Waals surface area contributed by atoms with Gasteiger partial charge in [-0.2, -0.15) is 4.39 Å². The number of rotatable bonds is 4. The van der Waals surface area contributed by atoms with E-state index in [1.54, 1.807) is 0 Å². The van der Waals surface area contributed by atoms with E-state index in [4.69, 9.17) is 0 Å². The third-order valence-corrected chi connectivity index (χ3v) is 2.00. The molecule has 0 saturated carbocycles. The van der Waals surface area contributed by atoms with Gasteiger partial charge in [-0.1, -0.05) is 0 Å². The van der Waals surface area contributed by atoms with Crippen molar-refractivity contribution < 1.29 is 23.6 Å². The van der Waals surface area contributed by atoms with Gasteiger partial charge in [-0.05, 0) is 12.1 Å². The smallest absolute Gasteiger partial charge is 0.313 e. The van der Waals surface area contributed by atoms with Crippen LogP contribution in [0.25, 0.3) is 0 Å². The molecule has 0 aromatic heterocycles. The van der Waals surface area contributed by atoms with Crippen LogP contribution in [0.3, 0.4) is 0 Å². The lowest BCUT2D eigenvalue weighted by Gasteiger charge is -2.00. The maximum atomic E-state index is 13.2. The van der Waals surface area contributed by atoms with Crippen LogP contribution in [0.15, 0.2) is 18.2 Å². The minimum Gasteiger partial charge on any atom is -0.469 e. The molecule has 0 unspecified atom stereocenters. The fourth-order valence-electron chi connectivity index (χ4n) is 1.13. The number of Topliss-reactive ketones (excluding diaryl/α,β-unsaturated/α-hetero) is 1. The molecule has 0 N–H and O–H groups in total. The molecule has 1 aromatic rings. The molecule has 0 aliphatic rings. The number of carbonyl (C=O) groups excluding carboxylic acids is 2. The zero-order valence-corrected chi connectivity index (χ0v) is 8.81. The topological polar surface area (TPSA) is 86.5 Å². The van der Waals surface area contributed by atoms with Crippen molar-refractivity contribution >= 4 is 17.4 Å². The number of ketones is 1. The van der Waals surface area contributed by atoms with E-state index in [0.717, 1.165) is 25.3 Å². The summed E-state index contributed by atoms with van der Waals surface area (Å²) in [7, 11) is 1.12. The van der Waals surface area contributed by atoms with E-state index in [2.05, 4.69) is 4.74 Å². The first-order valence-electron chi connectivity index (χ1n) is 4.49. The van der Waals surface area contributed by atoms with Crippen LogP contribution in [0.1, 0.15) is 16.8 Å². The van der Waals surface area contributed by atoms with E-state index in [1.807, 2.05) is 0 Å². The number of methoxy groups -OCH3 is 1. The van der Waals surface area contributed by atoms with Crippen LogP contribution in [0.5, 0.6) is 0 Å². The molecule has 0 fully saturated rings. The quantitative estimate of drug-likeness (QED) is 0.262. The summed E-state index contributed by atoms with van der Waals surface area (Å²) in [6, 6.07) is 2.69. The lowest BCUT2D eigenvalue weighted by molar-refractivity contribution is -0.387. The van der Waals surface area contributed by atoms with Crippen LogP contribution >= 0.6 is 0 Å². The van der Waals surface area contributed by atoms with Crippen molar-refractivity contribution in [3.63, 3.8) is 0 Å². The number of halogens is 1. The van der Waals surface area contributed by atoms with Gasteiger partial charge in [0.05, 0.1) is 12.0 Å². The number of nitro benzene ring substituents is 1. The second kappa shape index (κ2) is 5.15. The molecule has 0 amide bonds. The van der Waals surface area contributed by atoms with Crippen LogP contribution in [-0.2, 0) is 9.53 Å². The molecule has 0 spiro atoms. The first kappa shape index (κ1) is 12.8. The Morgan fingerprint density at radius 1 is 1.47 bits per heavy atom. The Morgan fingerprint density at radius 2 is 2.12 bits per heavy atom. The van der Waals surface area contributed by atoms with Crippen LogP contribution in [0.2, 0.25) is 0 Å². The first-order valence-corrected chi connectivity index (χ1v) is 4.49. The summed E-state index contributed by atoms with van der Waals surface area (Å²) in [6.07, 6.45) is -0.534. The third-order valence-electron chi connectivity index (χ3n) is 2.00. The van der Waals surface area contributed by atoms with Gasteiger partial charge in [0.1, 0.15) is 6.42 Å². The highest BCUT2D eigenvalue weighted by Gasteiger charge is 2.18. The maximum Gasteiger partial charge on any atom is 0.313 e. The van der Waals surface area contributed by atoms with Gasteiger partial charge in [0, 0.05) is 11.6 Å². The number of benzene rings is 1. The van der Waals surface area contributed by atoms with Crippen molar-refractivity contribution in [2.45, 2.75) is 6.42 Å². The largest absolute Gasteiger partial charge is 0.469 e. The highest BCUT2D eigenvalue weighted by molar-refractivity contribution is 6.06. The summed E-state index contributed by atoms with van der Waals surface area (Å²) in [5, 5.41) is 10.3. The van der Waals surface area contributed by atoms with Crippen molar-refractivity contribution in [2.75, 3.05) is 7.11 Å². The molecule has 7 heteroatoms. The molecule has 0 bridgehead atoms. The zero-order chi connectivity index (χ0) is 13.0. The van der Waals surface area contributed by atoms with Gasteiger partial charge in [-0.3, -0.25) is 19.7 Å².